The highest BCUT2D eigenvalue weighted by molar-refractivity contribution is 5.68. The van der Waals surface area contributed by atoms with Crippen molar-refractivity contribution < 1.29 is 23.8 Å². The van der Waals surface area contributed by atoms with Gasteiger partial charge in [0.15, 0.2) is 0 Å². The van der Waals surface area contributed by atoms with Gasteiger partial charge < -0.3 is 24.4 Å². The smallest absolute Gasteiger partial charge is 0.410 e. The van der Waals surface area contributed by atoms with Crippen LogP contribution in [0.5, 0.6) is 0 Å². The van der Waals surface area contributed by atoms with Gasteiger partial charge in [-0.05, 0) is 45.6 Å². The van der Waals surface area contributed by atoms with Crippen molar-refractivity contribution in [3.8, 4) is 0 Å². The number of carbonyl (C=O) groups excluding carboxylic acids is 2. The second-order valence-corrected chi connectivity index (χ2v) is 8.57. The van der Waals surface area contributed by atoms with Crippen LogP contribution in [0.1, 0.15) is 45.6 Å². The van der Waals surface area contributed by atoms with Crippen molar-refractivity contribution in [2.45, 2.75) is 63.9 Å². The molecular weight excluding hydrogens is 360 g/mol. The van der Waals surface area contributed by atoms with Crippen LogP contribution in [0.2, 0.25) is 0 Å². The number of hydrogen-bond acceptors (Lipinski definition) is 5. The molecule has 0 aliphatic carbocycles. The van der Waals surface area contributed by atoms with Crippen molar-refractivity contribution >= 4 is 12.2 Å². The molecule has 7 heteroatoms. The quantitative estimate of drug-likeness (QED) is 0.855. The van der Waals surface area contributed by atoms with Crippen LogP contribution in [0, 0.1) is 0 Å². The molecule has 2 aliphatic rings. The summed E-state index contributed by atoms with van der Waals surface area (Å²) in [5, 5.41) is 2.89. The highest BCUT2D eigenvalue weighted by atomic mass is 16.6. The molecule has 2 fully saturated rings. The lowest BCUT2D eigenvalue weighted by Crippen LogP contribution is -2.48. The monoisotopic (exact) mass is 390 g/mol. The largest absolute Gasteiger partial charge is 0.445 e. The van der Waals surface area contributed by atoms with Gasteiger partial charge in [0.25, 0.3) is 0 Å². The topological polar surface area (TPSA) is 77.1 Å². The van der Waals surface area contributed by atoms with Gasteiger partial charge in [0.05, 0.1) is 18.2 Å². The molecule has 2 heterocycles. The summed E-state index contributed by atoms with van der Waals surface area (Å²) in [6.45, 7) is 7.50. The zero-order valence-corrected chi connectivity index (χ0v) is 16.9. The number of piperidine rings is 1. The van der Waals surface area contributed by atoms with Gasteiger partial charge in [-0.2, -0.15) is 0 Å². The van der Waals surface area contributed by atoms with Gasteiger partial charge in [0.2, 0.25) is 0 Å². The average Bonchev–Trinajstić information content (AvgIpc) is 3.02. The number of likely N-dealkylation sites (tertiary alicyclic amines) is 1. The van der Waals surface area contributed by atoms with E-state index < -0.39 is 11.7 Å². The number of amides is 2. The van der Waals surface area contributed by atoms with E-state index in [-0.39, 0.29) is 24.3 Å². The van der Waals surface area contributed by atoms with Crippen LogP contribution in [0.4, 0.5) is 9.59 Å². The van der Waals surface area contributed by atoms with Gasteiger partial charge in [0.1, 0.15) is 12.2 Å². The zero-order valence-electron chi connectivity index (χ0n) is 16.9. The predicted molar refractivity (Wildman–Crippen MR) is 104 cm³/mol. The third-order valence-electron chi connectivity index (χ3n) is 5.07. The molecule has 0 bridgehead atoms. The van der Waals surface area contributed by atoms with Crippen LogP contribution >= 0.6 is 0 Å². The molecule has 2 amide bonds. The van der Waals surface area contributed by atoms with E-state index in [0.717, 1.165) is 24.8 Å². The van der Waals surface area contributed by atoms with Crippen molar-refractivity contribution in [2.24, 2.45) is 0 Å². The Balaban J connectivity index is 1.41. The van der Waals surface area contributed by atoms with Crippen LogP contribution in [0.15, 0.2) is 30.3 Å². The fourth-order valence-electron chi connectivity index (χ4n) is 3.64. The summed E-state index contributed by atoms with van der Waals surface area (Å²) in [5.41, 5.74) is 0.174. The fraction of sp³-hybridized carbons (Fsp3) is 0.619. The molecule has 154 valence electrons. The summed E-state index contributed by atoms with van der Waals surface area (Å²) in [5.74, 6) is 0. The van der Waals surface area contributed by atoms with Crippen molar-refractivity contribution in [2.75, 3.05) is 19.7 Å². The lowest BCUT2D eigenvalue weighted by Gasteiger charge is -2.39. The SMILES string of the molecule is CC(C)(C)OC(=O)N1CCC2(CC1)CC(NC(=O)OCc1ccccc1)CO2. The zero-order chi connectivity index (χ0) is 20.2. The molecular formula is C21H30N2O5. The first kappa shape index (κ1) is 20.5. The van der Waals surface area contributed by atoms with Crippen LogP contribution in [-0.2, 0) is 20.8 Å². The predicted octanol–water partition coefficient (Wildman–Crippen LogP) is 3.47. The summed E-state index contributed by atoms with van der Waals surface area (Å²) in [4.78, 5) is 26.0. The number of carbonyl (C=O) groups is 2. The first-order valence-electron chi connectivity index (χ1n) is 9.84. The normalized spacial score (nSPS) is 21.4. The molecule has 28 heavy (non-hydrogen) atoms. The Labute approximate surface area is 166 Å². The van der Waals surface area contributed by atoms with E-state index in [2.05, 4.69) is 5.32 Å². The molecule has 0 aromatic heterocycles. The molecule has 1 aromatic rings. The lowest BCUT2D eigenvalue weighted by atomic mass is 9.87. The number of nitrogens with zero attached hydrogens (tertiary/aromatic N) is 1. The lowest BCUT2D eigenvalue weighted by molar-refractivity contribution is -0.0486. The number of benzene rings is 1. The highest BCUT2D eigenvalue weighted by Crippen LogP contribution is 2.36. The number of rotatable bonds is 3. The van der Waals surface area contributed by atoms with E-state index in [9.17, 15) is 9.59 Å². The number of alkyl carbamates (subject to hydrolysis) is 1. The Hall–Kier alpha value is -2.28. The summed E-state index contributed by atoms with van der Waals surface area (Å²) in [7, 11) is 0. The first-order valence-corrected chi connectivity index (χ1v) is 9.84. The molecule has 1 unspecified atom stereocenters. The maximum atomic E-state index is 12.2. The van der Waals surface area contributed by atoms with Crippen molar-refractivity contribution in [1.29, 1.82) is 0 Å². The van der Waals surface area contributed by atoms with Gasteiger partial charge in [-0.3, -0.25) is 0 Å². The summed E-state index contributed by atoms with van der Waals surface area (Å²) < 4.78 is 16.8. The van der Waals surface area contributed by atoms with E-state index in [1.54, 1.807) is 4.90 Å². The minimum absolute atomic E-state index is 0.0728. The summed E-state index contributed by atoms with van der Waals surface area (Å²) in [6, 6.07) is 9.51. The minimum Gasteiger partial charge on any atom is -0.445 e. The standard InChI is InChI=1S/C21H30N2O5/c1-20(2,3)28-19(25)23-11-9-21(10-12-23)13-17(15-27-21)22-18(24)26-14-16-7-5-4-6-8-16/h4-8,17H,9-15H2,1-3H3,(H,22,24). The molecule has 7 nitrogen and oxygen atoms in total. The molecule has 0 radical (unpaired) electrons. The van der Waals surface area contributed by atoms with E-state index in [1.165, 1.54) is 0 Å². The maximum Gasteiger partial charge on any atom is 0.410 e. The third-order valence-corrected chi connectivity index (χ3v) is 5.07. The third kappa shape index (κ3) is 5.61. The van der Waals surface area contributed by atoms with Gasteiger partial charge >= 0.3 is 12.2 Å². The minimum atomic E-state index is -0.495. The number of hydrogen-bond donors (Lipinski definition) is 1. The summed E-state index contributed by atoms with van der Waals surface area (Å²) in [6.07, 6.45) is 1.50. The van der Waals surface area contributed by atoms with Gasteiger partial charge in [-0.25, -0.2) is 9.59 Å². The van der Waals surface area contributed by atoms with Gasteiger partial charge in [-0.15, -0.1) is 0 Å². The molecule has 2 aliphatic heterocycles. The molecule has 2 saturated heterocycles. The molecule has 0 saturated carbocycles. The second kappa shape index (κ2) is 8.39. The van der Waals surface area contributed by atoms with Gasteiger partial charge in [0, 0.05) is 13.1 Å². The van der Waals surface area contributed by atoms with Crippen molar-refractivity contribution in [3.05, 3.63) is 35.9 Å². The van der Waals surface area contributed by atoms with E-state index >= 15 is 0 Å². The van der Waals surface area contributed by atoms with E-state index in [4.69, 9.17) is 14.2 Å². The second-order valence-electron chi connectivity index (χ2n) is 8.57. The summed E-state index contributed by atoms with van der Waals surface area (Å²) >= 11 is 0. The fourth-order valence-corrected chi connectivity index (χ4v) is 3.64. The molecule has 1 aromatic carbocycles. The van der Waals surface area contributed by atoms with E-state index in [1.807, 2.05) is 51.1 Å². The van der Waals surface area contributed by atoms with Crippen LogP contribution in [-0.4, -0.2) is 54.0 Å². The van der Waals surface area contributed by atoms with Crippen LogP contribution < -0.4 is 5.32 Å². The Kier molecular flexibility index (Phi) is 6.13. The average molecular weight is 390 g/mol. The van der Waals surface area contributed by atoms with Crippen LogP contribution in [0.3, 0.4) is 0 Å². The van der Waals surface area contributed by atoms with Gasteiger partial charge in [-0.1, -0.05) is 30.3 Å². The first-order chi connectivity index (χ1) is 13.2. The Morgan fingerprint density at radius 3 is 2.54 bits per heavy atom. The van der Waals surface area contributed by atoms with Crippen LogP contribution in [0.25, 0.3) is 0 Å². The highest BCUT2D eigenvalue weighted by Gasteiger charge is 2.44. The van der Waals surface area contributed by atoms with Crippen molar-refractivity contribution in [1.82, 2.24) is 10.2 Å². The number of ether oxygens (including phenoxy) is 3. The maximum absolute atomic E-state index is 12.2. The molecule has 1 N–H and O–H groups in total. The van der Waals surface area contributed by atoms with E-state index in [0.29, 0.717) is 19.7 Å². The number of nitrogens with one attached hydrogen (secondary N) is 1. The Bertz CT molecular complexity index is 678. The van der Waals surface area contributed by atoms with Crippen molar-refractivity contribution in [3.63, 3.8) is 0 Å². The molecule has 1 spiro atoms. The molecule has 1 atom stereocenters. The Morgan fingerprint density at radius 2 is 1.89 bits per heavy atom. The molecule has 3 rings (SSSR count). The Morgan fingerprint density at radius 1 is 1.21 bits per heavy atom.